The Balaban J connectivity index is 1.16. The van der Waals surface area contributed by atoms with Crippen molar-refractivity contribution < 1.29 is 14.7 Å². The van der Waals surface area contributed by atoms with E-state index in [2.05, 4.69) is 32.0 Å². The van der Waals surface area contributed by atoms with Crippen LogP contribution in [0.15, 0.2) is 88.9 Å². The van der Waals surface area contributed by atoms with Gasteiger partial charge in [0.2, 0.25) is 0 Å². The maximum Gasteiger partial charge on any atom is 0.261 e. The first-order valence-corrected chi connectivity index (χ1v) is 16.1. The van der Waals surface area contributed by atoms with E-state index >= 15 is 0 Å². The van der Waals surface area contributed by atoms with Crippen molar-refractivity contribution >= 4 is 59.7 Å². The number of pyridine rings is 2. The van der Waals surface area contributed by atoms with Gasteiger partial charge in [0.15, 0.2) is 5.65 Å². The molecule has 5 aromatic heterocycles. The van der Waals surface area contributed by atoms with Gasteiger partial charge in [-0.05, 0) is 69.6 Å². The molecule has 10 nitrogen and oxygen atoms in total. The molecule has 6 heterocycles. The fourth-order valence-corrected chi connectivity index (χ4v) is 7.28. The van der Waals surface area contributed by atoms with E-state index in [1.54, 1.807) is 28.0 Å². The lowest BCUT2D eigenvalue weighted by Gasteiger charge is -2.28. The average molecular weight is 680 g/mol. The van der Waals surface area contributed by atoms with Crippen LogP contribution in [0.1, 0.15) is 23.1 Å². The first-order valence-electron chi connectivity index (χ1n) is 15.3. The summed E-state index contributed by atoms with van der Waals surface area (Å²) in [6.45, 7) is 1.62. The number of hydrogen-bond donors (Lipinski definition) is 1. The van der Waals surface area contributed by atoms with Gasteiger partial charge in [0.1, 0.15) is 12.3 Å². The standard InChI is InChI=1S/C35H31BrN6O4/c1-40-12-8-26-23(7-11-37-33(26)40)18-46-42-17-29(36)31-21(6-10-38-34(31)42)14-24-15-28-32(27-5-3-2-4-25(24)27)39-20-41(35(28)44)16-22-9-13-45-19-30(22)43/h2-8,10-12,15,17,20,22,30,43H,9,13-14,16,18-19H2,1H3/t22-,30+/m1/s1. The number of benzene rings is 2. The molecule has 46 heavy (non-hydrogen) atoms. The largest absolute Gasteiger partial charge is 0.407 e. The zero-order valence-electron chi connectivity index (χ0n) is 25.1. The minimum Gasteiger partial charge on any atom is -0.407 e. The predicted octanol–water partition coefficient (Wildman–Crippen LogP) is 5.17. The Labute approximate surface area is 271 Å². The van der Waals surface area contributed by atoms with Gasteiger partial charge in [0.25, 0.3) is 5.56 Å². The monoisotopic (exact) mass is 678 g/mol. The van der Waals surface area contributed by atoms with Gasteiger partial charge in [-0.3, -0.25) is 9.36 Å². The second kappa shape index (κ2) is 11.7. The van der Waals surface area contributed by atoms with E-state index in [-0.39, 0.29) is 11.5 Å². The summed E-state index contributed by atoms with van der Waals surface area (Å²) in [6.07, 6.45) is 9.77. The van der Waals surface area contributed by atoms with Crippen LogP contribution in [0.25, 0.3) is 43.7 Å². The number of ether oxygens (including phenoxy) is 1. The van der Waals surface area contributed by atoms with E-state index in [1.165, 1.54) is 0 Å². The van der Waals surface area contributed by atoms with E-state index in [4.69, 9.17) is 14.6 Å². The van der Waals surface area contributed by atoms with Crippen molar-refractivity contribution in [3.8, 4) is 0 Å². The van der Waals surface area contributed by atoms with Crippen LogP contribution in [0.2, 0.25) is 0 Å². The number of nitrogens with zero attached hydrogens (tertiary/aromatic N) is 6. The van der Waals surface area contributed by atoms with Gasteiger partial charge in [-0.15, -0.1) is 0 Å². The molecule has 0 unspecified atom stereocenters. The second-order valence-electron chi connectivity index (χ2n) is 11.9. The molecule has 232 valence electrons. The van der Waals surface area contributed by atoms with Gasteiger partial charge in [0, 0.05) is 70.9 Å². The molecular weight excluding hydrogens is 648 g/mol. The molecule has 1 aliphatic heterocycles. The lowest BCUT2D eigenvalue weighted by molar-refractivity contribution is -0.0486. The molecule has 1 N–H and O–H groups in total. The van der Waals surface area contributed by atoms with E-state index in [0.717, 1.165) is 48.4 Å². The summed E-state index contributed by atoms with van der Waals surface area (Å²) < 4.78 is 11.6. The summed E-state index contributed by atoms with van der Waals surface area (Å²) in [7, 11) is 1.98. The fraction of sp³-hybridized carbons (Fsp3) is 0.257. The maximum atomic E-state index is 13.9. The average Bonchev–Trinajstić information content (AvgIpc) is 3.62. The van der Waals surface area contributed by atoms with Crippen LogP contribution in [0.4, 0.5) is 0 Å². The third-order valence-corrected chi connectivity index (χ3v) is 9.71. The van der Waals surface area contributed by atoms with Crippen molar-refractivity contribution in [1.82, 2.24) is 28.8 Å². The molecule has 2 aromatic carbocycles. The van der Waals surface area contributed by atoms with Crippen molar-refractivity contribution in [2.45, 2.75) is 32.1 Å². The molecule has 2 atom stereocenters. The highest BCUT2D eigenvalue weighted by Gasteiger charge is 2.25. The molecule has 0 amide bonds. The Morgan fingerprint density at radius 3 is 2.63 bits per heavy atom. The van der Waals surface area contributed by atoms with Gasteiger partial charge in [-0.2, -0.15) is 4.73 Å². The van der Waals surface area contributed by atoms with Crippen molar-refractivity contribution in [2.75, 3.05) is 13.2 Å². The van der Waals surface area contributed by atoms with Crippen LogP contribution in [0.3, 0.4) is 0 Å². The van der Waals surface area contributed by atoms with E-state index in [0.29, 0.717) is 55.8 Å². The van der Waals surface area contributed by atoms with Crippen molar-refractivity contribution in [3.05, 3.63) is 111 Å². The Hall–Kier alpha value is -4.58. The molecule has 0 spiro atoms. The summed E-state index contributed by atoms with van der Waals surface area (Å²) in [5, 5.41) is 15.0. The number of hydrogen-bond acceptors (Lipinski definition) is 7. The molecule has 7 aromatic rings. The number of halogens is 1. The van der Waals surface area contributed by atoms with Gasteiger partial charge in [0.05, 0.1) is 36.1 Å². The number of aromatic nitrogens is 6. The van der Waals surface area contributed by atoms with Crippen LogP contribution < -0.4 is 10.4 Å². The summed E-state index contributed by atoms with van der Waals surface area (Å²) in [6, 6.07) is 16.1. The van der Waals surface area contributed by atoms with Crippen LogP contribution >= 0.6 is 15.9 Å². The first kappa shape index (κ1) is 28.9. The topological polar surface area (TPSA) is 109 Å². The van der Waals surface area contributed by atoms with Crippen molar-refractivity contribution in [3.63, 3.8) is 0 Å². The molecule has 8 rings (SSSR count). The molecule has 1 saturated heterocycles. The summed E-state index contributed by atoms with van der Waals surface area (Å²) in [4.78, 5) is 34.1. The quantitative estimate of drug-likeness (QED) is 0.232. The van der Waals surface area contributed by atoms with Crippen molar-refractivity contribution in [1.29, 1.82) is 0 Å². The second-order valence-corrected chi connectivity index (χ2v) is 12.8. The number of rotatable bonds is 7. The molecule has 11 heteroatoms. The van der Waals surface area contributed by atoms with Crippen molar-refractivity contribution in [2.24, 2.45) is 13.0 Å². The Morgan fingerprint density at radius 2 is 1.78 bits per heavy atom. The fourth-order valence-electron chi connectivity index (χ4n) is 6.66. The molecule has 0 aliphatic carbocycles. The molecule has 1 aliphatic rings. The lowest BCUT2D eigenvalue weighted by Crippen LogP contribution is -2.37. The van der Waals surface area contributed by atoms with Crippen LogP contribution in [0.5, 0.6) is 0 Å². The number of aliphatic hydroxyl groups excluding tert-OH is 1. The van der Waals surface area contributed by atoms with E-state index in [9.17, 15) is 9.90 Å². The minimum atomic E-state index is -0.601. The normalized spacial score (nSPS) is 17.0. The lowest BCUT2D eigenvalue weighted by atomic mass is 9.95. The van der Waals surface area contributed by atoms with E-state index < -0.39 is 6.10 Å². The summed E-state index contributed by atoms with van der Waals surface area (Å²) in [5.74, 6) is -0.0587. The third kappa shape index (κ3) is 4.95. The Kier molecular flexibility index (Phi) is 7.31. The highest BCUT2D eigenvalue weighted by atomic mass is 79.9. The zero-order valence-corrected chi connectivity index (χ0v) is 26.7. The predicted molar refractivity (Wildman–Crippen MR) is 180 cm³/mol. The molecule has 1 fully saturated rings. The highest BCUT2D eigenvalue weighted by Crippen LogP contribution is 2.33. The van der Waals surface area contributed by atoms with Gasteiger partial charge < -0.3 is 19.2 Å². The summed E-state index contributed by atoms with van der Waals surface area (Å²) in [5.41, 5.74) is 5.28. The SMILES string of the molecule is Cn1ccc2c(COn3cc(Br)c4c(Cc5cc6c(=O)n(C[C@H]7CCOC[C@@H]7O)cnc6c6ccccc56)ccnc43)ccnc21. The van der Waals surface area contributed by atoms with Gasteiger partial charge in [-0.25, -0.2) is 15.0 Å². The smallest absolute Gasteiger partial charge is 0.261 e. The van der Waals surface area contributed by atoms with Crippen LogP contribution in [-0.4, -0.2) is 53.2 Å². The van der Waals surface area contributed by atoms with Crippen LogP contribution in [-0.2, 0) is 31.4 Å². The minimum absolute atomic E-state index is 0.0587. The van der Waals surface area contributed by atoms with Gasteiger partial charge in [-0.1, -0.05) is 24.3 Å². The molecule has 0 bridgehead atoms. The molecular formula is C35H31BrN6O4. The zero-order chi connectivity index (χ0) is 31.4. The first-order chi connectivity index (χ1) is 22.5. The maximum absolute atomic E-state index is 13.9. The van der Waals surface area contributed by atoms with Gasteiger partial charge >= 0.3 is 0 Å². The summed E-state index contributed by atoms with van der Waals surface area (Å²) >= 11 is 3.77. The molecule has 0 saturated carbocycles. The Bertz CT molecular complexity index is 2330. The Morgan fingerprint density at radius 1 is 0.978 bits per heavy atom. The molecule has 0 radical (unpaired) electrons. The number of fused-ring (bicyclic) bond motifs is 5. The number of aryl methyl sites for hydroxylation is 1. The number of aliphatic hydroxyl groups is 1. The van der Waals surface area contributed by atoms with Crippen LogP contribution in [0, 0.1) is 5.92 Å². The third-order valence-electron chi connectivity index (χ3n) is 9.11. The highest BCUT2D eigenvalue weighted by molar-refractivity contribution is 9.10. The van der Waals surface area contributed by atoms with E-state index in [1.807, 2.05) is 66.5 Å².